The van der Waals surface area contributed by atoms with Crippen LogP contribution in [0.1, 0.15) is 26.3 Å². The molecular formula is C14H16F5NO2S. The van der Waals surface area contributed by atoms with Crippen molar-refractivity contribution in [2.24, 2.45) is 0 Å². The van der Waals surface area contributed by atoms with Gasteiger partial charge in [-0.2, -0.15) is 8.78 Å². The van der Waals surface area contributed by atoms with Crippen molar-refractivity contribution in [1.82, 2.24) is 4.72 Å². The predicted molar refractivity (Wildman–Crippen MR) is 76.1 cm³/mol. The summed E-state index contributed by atoms with van der Waals surface area (Å²) < 4.78 is 82.0. The molecule has 0 bridgehead atoms. The fraction of sp³-hybridized carbons (Fsp3) is 0.500. The van der Waals surface area contributed by atoms with E-state index in [0.29, 0.717) is 12.1 Å². The van der Waals surface area contributed by atoms with Gasteiger partial charge in [-0.3, -0.25) is 4.79 Å². The van der Waals surface area contributed by atoms with Crippen LogP contribution in [0.4, 0.5) is 22.0 Å². The predicted octanol–water partition coefficient (Wildman–Crippen LogP) is 3.02. The van der Waals surface area contributed by atoms with Gasteiger partial charge in [0.05, 0.1) is 15.7 Å². The molecule has 0 saturated carbocycles. The van der Waals surface area contributed by atoms with E-state index in [9.17, 15) is 31.0 Å². The summed E-state index contributed by atoms with van der Waals surface area (Å²) >= 11 is 0. The summed E-state index contributed by atoms with van der Waals surface area (Å²) in [6, 6.07) is 2.25. The number of carbonyl (C=O) groups excluding carboxylic acids is 1. The minimum Gasteiger partial charge on any atom is -0.297 e. The van der Waals surface area contributed by atoms with Gasteiger partial charge in [-0.25, -0.2) is 22.1 Å². The summed E-state index contributed by atoms with van der Waals surface area (Å²) in [5, 5.41) is 0. The molecule has 0 aliphatic heterocycles. The Hall–Kier alpha value is -1.35. The lowest BCUT2D eigenvalue weighted by molar-refractivity contribution is -0.144. The van der Waals surface area contributed by atoms with Crippen molar-refractivity contribution in [1.29, 1.82) is 0 Å². The van der Waals surface area contributed by atoms with Gasteiger partial charge in [-0.15, -0.1) is 0 Å². The molecule has 0 unspecified atom stereocenters. The van der Waals surface area contributed by atoms with Crippen LogP contribution in [-0.2, 0) is 21.3 Å². The Morgan fingerprint density at radius 1 is 1.22 bits per heavy atom. The van der Waals surface area contributed by atoms with Gasteiger partial charge in [0, 0.05) is 5.56 Å². The number of hydrogen-bond acceptors (Lipinski definition) is 2. The quantitative estimate of drug-likeness (QED) is 0.628. The second kappa shape index (κ2) is 6.64. The minimum absolute atomic E-state index is 0.654. The Morgan fingerprint density at radius 3 is 2.22 bits per heavy atom. The highest BCUT2D eigenvalue weighted by Gasteiger charge is 2.58. The monoisotopic (exact) mass is 357 g/mol. The first-order valence-electron chi connectivity index (χ1n) is 6.47. The van der Waals surface area contributed by atoms with Gasteiger partial charge in [-0.05, 0) is 26.8 Å². The first-order chi connectivity index (χ1) is 10.4. The zero-order valence-electron chi connectivity index (χ0n) is 12.6. The normalized spacial score (nSPS) is 16.7. The van der Waals surface area contributed by atoms with E-state index in [0.717, 1.165) is 6.07 Å². The number of rotatable bonds is 6. The first-order valence-corrected chi connectivity index (χ1v) is 7.62. The number of hydrogen-bond donors (Lipinski definition) is 1. The van der Waals surface area contributed by atoms with Crippen LogP contribution in [0.15, 0.2) is 18.2 Å². The van der Waals surface area contributed by atoms with Gasteiger partial charge in [0.25, 0.3) is 0 Å². The summed E-state index contributed by atoms with van der Waals surface area (Å²) in [6.45, 7) is 2.22. The van der Waals surface area contributed by atoms with Crippen molar-refractivity contribution >= 4 is 17.3 Å². The molecule has 23 heavy (non-hydrogen) atoms. The molecule has 0 saturated heterocycles. The maximum atomic E-state index is 14.1. The van der Waals surface area contributed by atoms with E-state index in [1.165, 1.54) is 20.8 Å². The molecule has 0 radical (unpaired) electrons. The highest BCUT2D eigenvalue weighted by molar-refractivity contribution is 7.84. The van der Waals surface area contributed by atoms with Crippen LogP contribution >= 0.6 is 0 Å². The van der Waals surface area contributed by atoms with E-state index < -0.39 is 57.4 Å². The third kappa shape index (κ3) is 3.60. The third-order valence-corrected chi connectivity index (χ3v) is 4.80. The van der Waals surface area contributed by atoms with E-state index in [1.54, 1.807) is 4.72 Å². The van der Waals surface area contributed by atoms with Crippen molar-refractivity contribution < 1.29 is 31.0 Å². The Balaban J connectivity index is 3.63. The molecule has 0 aliphatic carbocycles. The third-order valence-electron chi connectivity index (χ3n) is 3.15. The summed E-state index contributed by atoms with van der Waals surface area (Å²) in [7, 11) is -2.29. The number of halogens is 5. The molecule has 0 aliphatic rings. The fourth-order valence-electron chi connectivity index (χ4n) is 1.74. The Kier molecular flexibility index (Phi) is 5.69. The molecule has 0 spiro atoms. The number of benzene rings is 1. The van der Waals surface area contributed by atoms with Crippen LogP contribution in [0, 0.1) is 11.6 Å². The van der Waals surface area contributed by atoms with Crippen molar-refractivity contribution in [3.8, 4) is 0 Å². The molecule has 1 rings (SSSR count). The Morgan fingerprint density at radius 2 is 1.78 bits per heavy atom. The number of alkyl halides is 3. The zero-order chi connectivity index (χ0) is 18.1. The van der Waals surface area contributed by atoms with E-state index in [1.807, 2.05) is 0 Å². The Labute approximate surface area is 132 Å². The molecule has 1 aromatic rings. The molecular weight excluding hydrogens is 341 g/mol. The van der Waals surface area contributed by atoms with Gasteiger partial charge in [0.1, 0.15) is 6.67 Å². The van der Waals surface area contributed by atoms with E-state index in [4.69, 9.17) is 0 Å². The molecule has 0 fully saturated rings. The second-order valence-corrected chi connectivity index (χ2v) is 7.83. The second-order valence-electron chi connectivity index (χ2n) is 5.86. The van der Waals surface area contributed by atoms with Crippen LogP contribution in [-0.4, -0.2) is 27.8 Å². The van der Waals surface area contributed by atoms with Gasteiger partial charge < -0.3 is 0 Å². The lowest BCUT2D eigenvalue weighted by Crippen LogP contribution is -2.61. The molecule has 2 atom stereocenters. The maximum absolute atomic E-state index is 14.1. The topological polar surface area (TPSA) is 46.2 Å². The molecule has 130 valence electrons. The number of aldehydes is 1. The molecule has 3 nitrogen and oxygen atoms in total. The fourth-order valence-corrected chi connectivity index (χ4v) is 2.66. The van der Waals surface area contributed by atoms with Gasteiger partial charge in [0.15, 0.2) is 23.5 Å². The molecule has 1 aromatic carbocycles. The number of carbonyl (C=O) groups is 1. The van der Waals surface area contributed by atoms with E-state index in [2.05, 4.69) is 0 Å². The largest absolute Gasteiger partial charge is 0.327 e. The van der Waals surface area contributed by atoms with Crippen molar-refractivity contribution in [2.45, 2.75) is 37.0 Å². The highest BCUT2D eigenvalue weighted by atomic mass is 32.2. The Bertz CT molecular complexity index is 618. The first kappa shape index (κ1) is 19.7. The SMILES string of the molecule is CC(C)(C)[S@@](=O)N[C@](CF)(c1cccc(F)c1F)C(F)(F)C=O. The van der Waals surface area contributed by atoms with E-state index in [-0.39, 0.29) is 0 Å². The van der Waals surface area contributed by atoms with Gasteiger partial charge >= 0.3 is 5.92 Å². The molecule has 9 heteroatoms. The van der Waals surface area contributed by atoms with Crippen LogP contribution in [0.5, 0.6) is 0 Å². The lowest BCUT2D eigenvalue weighted by atomic mass is 9.85. The standard InChI is InChI=1S/C14H16F5NO2S/c1-12(2,3)23(22)20-13(7-15,14(18,19)8-21)9-5-4-6-10(16)11(9)17/h4-6,8,20H,7H2,1-3H3/t13-,23-/m1/s1. The lowest BCUT2D eigenvalue weighted by Gasteiger charge is -2.38. The maximum Gasteiger partial charge on any atom is 0.327 e. The molecule has 0 heterocycles. The summed E-state index contributed by atoms with van der Waals surface area (Å²) in [4.78, 5) is 10.8. The van der Waals surface area contributed by atoms with Crippen LogP contribution in [0.3, 0.4) is 0 Å². The average Bonchev–Trinajstić information content (AvgIpc) is 2.46. The van der Waals surface area contributed by atoms with E-state index >= 15 is 0 Å². The van der Waals surface area contributed by atoms with Gasteiger partial charge in [0.2, 0.25) is 0 Å². The van der Waals surface area contributed by atoms with Crippen molar-refractivity contribution in [3.05, 3.63) is 35.4 Å². The highest BCUT2D eigenvalue weighted by Crippen LogP contribution is 2.39. The molecule has 0 amide bonds. The molecule has 1 N–H and O–H groups in total. The summed E-state index contributed by atoms with van der Waals surface area (Å²) in [5.41, 5.74) is -4.41. The van der Waals surface area contributed by atoms with Gasteiger partial charge in [-0.1, -0.05) is 12.1 Å². The van der Waals surface area contributed by atoms with Crippen molar-refractivity contribution in [3.63, 3.8) is 0 Å². The summed E-state index contributed by atoms with van der Waals surface area (Å²) in [6.07, 6.45) is -0.885. The summed E-state index contributed by atoms with van der Waals surface area (Å²) in [5.74, 6) is -7.72. The zero-order valence-corrected chi connectivity index (χ0v) is 13.4. The average molecular weight is 357 g/mol. The smallest absolute Gasteiger partial charge is 0.297 e. The molecule has 0 aromatic heterocycles. The van der Waals surface area contributed by atoms with Crippen molar-refractivity contribution in [2.75, 3.05) is 6.67 Å². The van der Waals surface area contributed by atoms with Crippen LogP contribution < -0.4 is 4.72 Å². The number of nitrogens with one attached hydrogen (secondary N) is 1. The van der Waals surface area contributed by atoms with Crippen LogP contribution in [0.2, 0.25) is 0 Å². The van der Waals surface area contributed by atoms with Crippen LogP contribution in [0.25, 0.3) is 0 Å². The minimum atomic E-state index is -4.47.